The summed E-state index contributed by atoms with van der Waals surface area (Å²) in [6.07, 6.45) is 3.85. The number of fused-ring (bicyclic) bond motifs is 2. The van der Waals surface area contributed by atoms with Crippen molar-refractivity contribution < 1.29 is 17.9 Å². The molecule has 1 amide bonds. The highest BCUT2D eigenvalue weighted by atomic mass is 32.2. The van der Waals surface area contributed by atoms with Gasteiger partial charge in [-0.2, -0.15) is 4.31 Å². The number of nitrogens with one attached hydrogen (secondary N) is 1. The van der Waals surface area contributed by atoms with Gasteiger partial charge < -0.3 is 10.1 Å². The number of thiazole rings is 1. The van der Waals surface area contributed by atoms with Crippen molar-refractivity contribution in [2.75, 3.05) is 25.5 Å². The topological polar surface area (TPSA) is 123 Å². The first kappa shape index (κ1) is 23.9. The molecule has 13 heteroatoms. The highest BCUT2D eigenvalue weighted by Crippen LogP contribution is 2.34. The Bertz CT molecular complexity index is 1600. The van der Waals surface area contributed by atoms with E-state index >= 15 is 0 Å². The molecule has 4 heterocycles. The lowest BCUT2D eigenvalue weighted by Gasteiger charge is -2.25. The molecule has 0 unspecified atom stereocenters. The number of aromatic nitrogens is 3. The summed E-state index contributed by atoms with van der Waals surface area (Å²) in [6, 6.07) is 5.41. The van der Waals surface area contributed by atoms with Crippen molar-refractivity contribution >= 4 is 64.2 Å². The summed E-state index contributed by atoms with van der Waals surface area (Å²) in [7, 11) is -2.27. The molecule has 10 nitrogen and oxygen atoms in total. The first-order chi connectivity index (χ1) is 16.8. The van der Waals surface area contributed by atoms with E-state index in [1.165, 1.54) is 33.3 Å². The van der Waals surface area contributed by atoms with Crippen molar-refractivity contribution in [1.82, 2.24) is 18.8 Å². The molecule has 1 saturated heterocycles. The smallest absolute Gasteiger partial charge is 0.263 e. The molecule has 1 aromatic carbocycles. The fraction of sp³-hybridized carbons (Fsp3) is 0.364. The van der Waals surface area contributed by atoms with Crippen LogP contribution in [-0.4, -0.2) is 53.4 Å². The van der Waals surface area contributed by atoms with Crippen LogP contribution in [0.3, 0.4) is 0 Å². The molecule has 0 atom stereocenters. The number of nitrogens with zero attached hydrogens (tertiary/aromatic N) is 4. The van der Waals surface area contributed by atoms with Gasteiger partial charge in [0.1, 0.15) is 22.0 Å². The highest BCUT2D eigenvalue weighted by Gasteiger charge is 2.32. The zero-order valence-corrected chi connectivity index (χ0v) is 21.6. The Morgan fingerprint density at radius 2 is 1.97 bits per heavy atom. The largest absolute Gasteiger partial charge is 0.497 e. The second-order valence-electron chi connectivity index (χ2n) is 8.21. The summed E-state index contributed by atoms with van der Waals surface area (Å²) in [6.45, 7) is 2.23. The molecule has 0 radical (unpaired) electrons. The van der Waals surface area contributed by atoms with E-state index in [0.717, 1.165) is 28.5 Å². The minimum atomic E-state index is -3.84. The van der Waals surface area contributed by atoms with Crippen LogP contribution in [0.1, 0.15) is 24.1 Å². The Labute approximate surface area is 209 Å². The van der Waals surface area contributed by atoms with Gasteiger partial charge >= 0.3 is 0 Å². The Morgan fingerprint density at radius 3 is 2.71 bits per heavy atom. The second kappa shape index (κ2) is 9.30. The molecule has 1 N–H and O–H groups in total. The molecule has 1 fully saturated rings. The van der Waals surface area contributed by atoms with Crippen LogP contribution in [0.5, 0.6) is 5.75 Å². The maximum atomic E-state index is 13.4. The number of sulfonamides is 1. The van der Waals surface area contributed by atoms with Gasteiger partial charge in [-0.25, -0.2) is 18.4 Å². The summed E-state index contributed by atoms with van der Waals surface area (Å²) >= 11 is 2.46. The number of ether oxygens (including phenoxy) is 1. The molecule has 4 aromatic rings. The lowest BCUT2D eigenvalue weighted by Crippen LogP contribution is -2.36. The van der Waals surface area contributed by atoms with Crippen molar-refractivity contribution in [2.45, 2.75) is 37.6 Å². The summed E-state index contributed by atoms with van der Waals surface area (Å²) in [4.78, 5) is 35.6. The van der Waals surface area contributed by atoms with E-state index in [-0.39, 0.29) is 16.8 Å². The van der Waals surface area contributed by atoms with Gasteiger partial charge in [0.15, 0.2) is 5.13 Å². The van der Waals surface area contributed by atoms with Crippen LogP contribution < -0.4 is 15.6 Å². The van der Waals surface area contributed by atoms with E-state index in [9.17, 15) is 18.0 Å². The lowest BCUT2D eigenvalue weighted by atomic mass is 10.2. The van der Waals surface area contributed by atoms with Crippen molar-refractivity contribution in [2.24, 2.45) is 0 Å². The number of benzene rings is 1. The number of carbonyl (C=O) groups is 1. The predicted molar refractivity (Wildman–Crippen MR) is 136 cm³/mol. The molecule has 0 aliphatic carbocycles. The number of thiophene rings is 1. The number of anilines is 1. The molecule has 5 rings (SSSR count). The number of carbonyl (C=O) groups excluding carboxylic acids is 1. The third-order valence-electron chi connectivity index (χ3n) is 5.87. The van der Waals surface area contributed by atoms with Crippen LogP contribution in [0.15, 0.2) is 34.2 Å². The van der Waals surface area contributed by atoms with Crippen LogP contribution >= 0.6 is 22.7 Å². The van der Waals surface area contributed by atoms with Crippen molar-refractivity contribution in [3.63, 3.8) is 0 Å². The standard InChI is InChI=1S/C22H23N5O5S3/c1-13-19(35(30,31)27-8-4-3-5-9-27)18-20(33-13)23-12-26(21(18)29)11-17(28)25-22-24-15-7-6-14(32-2)10-16(15)34-22/h6-7,10,12H,3-5,8-9,11H2,1-2H3,(H,24,25,28). The molecule has 35 heavy (non-hydrogen) atoms. The molecule has 1 aliphatic rings. The number of methoxy groups -OCH3 is 1. The van der Waals surface area contributed by atoms with Crippen molar-refractivity contribution in [3.05, 3.63) is 39.8 Å². The number of piperidine rings is 1. The Kier molecular flexibility index (Phi) is 6.34. The SMILES string of the molecule is COc1ccc2nc(NC(=O)Cn3cnc4sc(C)c(S(=O)(=O)N5CCCCC5)c4c3=O)sc2c1. The minimum Gasteiger partial charge on any atom is -0.497 e. The maximum Gasteiger partial charge on any atom is 0.263 e. The molecule has 184 valence electrons. The fourth-order valence-corrected chi connectivity index (χ4v) is 8.26. The van der Waals surface area contributed by atoms with E-state index in [0.29, 0.717) is 39.2 Å². The highest BCUT2D eigenvalue weighted by molar-refractivity contribution is 7.89. The van der Waals surface area contributed by atoms with Crippen molar-refractivity contribution in [1.29, 1.82) is 0 Å². The Morgan fingerprint density at radius 1 is 1.20 bits per heavy atom. The Hall–Kier alpha value is -2.87. The van der Waals surface area contributed by atoms with Gasteiger partial charge in [0.25, 0.3) is 5.56 Å². The summed E-state index contributed by atoms with van der Waals surface area (Å²) in [5, 5.41) is 3.14. The summed E-state index contributed by atoms with van der Waals surface area (Å²) in [5.74, 6) is 0.220. The molecule has 0 bridgehead atoms. The number of amides is 1. The van der Waals surface area contributed by atoms with Gasteiger partial charge in [-0.15, -0.1) is 11.3 Å². The number of aryl methyl sites for hydroxylation is 1. The monoisotopic (exact) mass is 533 g/mol. The van der Waals surface area contributed by atoms with Crippen LogP contribution in [-0.2, 0) is 21.4 Å². The molecule has 0 saturated carbocycles. The third kappa shape index (κ3) is 4.44. The van der Waals surface area contributed by atoms with Gasteiger partial charge in [0, 0.05) is 18.0 Å². The number of rotatable bonds is 6. The zero-order chi connectivity index (χ0) is 24.7. The molecule has 0 spiro atoms. The molecule has 1 aliphatic heterocycles. The van der Waals surface area contributed by atoms with Crippen LogP contribution in [0.4, 0.5) is 5.13 Å². The first-order valence-electron chi connectivity index (χ1n) is 11.0. The second-order valence-corrected chi connectivity index (χ2v) is 12.3. The maximum absolute atomic E-state index is 13.4. The van der Waals surface area contributed by atoms with E-state index in [1.54, 1.807) is 26.2 Å². The van der Waals surface area contributed by atoms with E-state index in [4.69, 9.17) is 4.74 Å². The van der Waals surface area contributed by atoms with Gasteiger partial charge in [-0.05, 0) is 38.0 Å². The quantitative estimate of drug-likeness (QED) is 0.404. The van der Waals surface area contributed by atoms with Crippen LogP contribution in [0.25, 0.3) is 20.4 Å². The average molecular weight is 534 g/mol. The summed E-state index contributed by atoms with van der Waals surface area (Å²) in [5.41, 5.74) is 0.159. The Balaban J connectivity index is 1.44. The third-order valence-corrected chi connectivity index (χ3v) is 10.0. The lowest BCUT2D eigenvalue weighted by molar-refractivity contribution is -0.116. The molecular weight excluding hydrogens is 510 g/mol. The van der Waals surface area contributed by atoms with E-state index in [2.05, 4.69) is 15.3 Å². The minimum absolute atomic E-state index is 0.00628. The summed E-state index contributed by atoms with van der Waals surface area (Å²) < 4.78 is 35.4. The normalized spacial score (nSPS) is 15.0. The van der Waals surface area contributed by atoms with E-state index in [1.807, 2.05) is 6.07 Å². The number of hydrogen-bond acceptors (Lipinski definition) is 9. The van der Waals surface area contributed by atoms with Gasteiger partial charge in [-0.1, -0.05) is 17.8 Å². The predicted octanol–water partition coefficient (Wildman–Crippen LogP) is 3.20. The zero-order valence-electron chi connectivity index (χ0n) is 19.1. The van der Waals surface area contributed by atoms with Crippen LogP contribution in [0.2, 0.25) is 0 Å². The number of hydrogen-bond donors (Lipinski definition) is 1. The van der Waals surface area contributed by atoms with Gasteiger partial charge in [0.05, 0.1) is 29.0 Å². The molecule has 3 aromatic heterocycles. The molecular formula is C22H23N5O5S3. The van der Waals surface area contributed by atoms with Crippen molar-refractivity contribution in [3.8, 4) is 5.75 Å². The average Bonchev–Trinajstić information content (AvgIpc) is 3.40. The first-order valence-corrected chi connectivity index (χ1v) is 14.1. The van der Waals surface area contributed by atoms with E-state index < -0.39 is 21.5 Å². The van der Waals surface area contributed by atoms with Gasteiger partial charge in [0.2, 0.25) is 15.9 Å². The fourth-order valence-electron chi connectivity index (χ4n) is 4.17. The van der Waals surface area contributed by atoms with Gasteiger partial charge in [-0.3, -0.25) is 14.2 Å². The van der Waals surface area contributed by atoms with Crippen LogP contribution in [0, 0.1) is 6.92 Å².